The second-order valence-electron chi connectivity index (χ2n) is 6.20. The summed E-state index contributed by atoms with van der Waals surface area (Å²) in [7, 11) is 1.81. The highest BCUT2D eigenvalue weighted by Crippen LogP contribution is 2.30. The number of hydrogen-bond acceptors (Lipinski definition) is 4. The molecule has 3 rings (SSSR count). The van der Waals surface area contributed by atoms with Crippen LogP contribution in [0.25, 0.3) is 11.5 Å². The summed E-state index contributed by atoms with van der Waals surface area (Å²) in [5.74, 6) is -2.17. The van der Waals surface area contributed by atoms with E-state index in [0.29, 0.717) is 41.0 Å². The Bertz CT molecular complexity index is 892. The average molecular weight is 378 g/mol. The van der Waals surface area contributed by atoms with Crippen LogP contribution in [0.4, 0.5) is 8.78 Å². The summed E-state index contributed by atoms with van der Waals surface area (Å²) in [6.07, 6.45) is 0. The molecule has 3 aromatic rings. The van der Waals surface area contributed by atoms with Crippen molar-refractivity contribution in [2.75, 3.05) is 7.05 Å². The van der Waals surface area contributed by atoms with E-state index in [1.165, 1.54) is 6.07 Å². The Hall–Kier alpha value is -2.31. The predicted octanol–water partition coefficient (Wildman–Crippen LogP) is 5.13. The third kappa shape index (κ3) is 4.26. The smallest absolute Gasteiger partial charge is 0.270 e. The van der Waals surface area contributed by atoms with Crippen molar-refractivity contribution in [1.29, 1.82) is 0 Å². The van der Waals surface area contributed by atoms with Crippen molar-refractivity contribution in [3.8, 4) is 11.5 Å². The molecule has 0 aliphatic carbocycles. The molecule has 0 saturated carbocycles. The zero-order chi connectivity index (χ0) is 18.7. The maximum Gasteiger partial charge on any atom is 0.270 e. The third-order valence-electron chi connectivity index (χ3n) is 3.91. The normalized spacial score (nSPS) is 11.9. The average Bonchev–Trinajstić information content (AvgIpc) is 3.03. The van der Waals surface area contributed by atoms with Crippen molar-refractivity contribution < 1.29 is 13.2 Å². The van der Waals surface area contributed by atoms with Gasteiger partial charge in [0.2, 0.25) is 11.8 Å². The molecule has 0 bridgehead atoms. The molecule has 2 aromatic carbocycles. The molecule has 0 atom stereocenters. The number of hydrogen-bond donors (Lipinski definition) is 0. The van der Waals surface area contributed by atoms with Crippen molar-refractivity contribution in [2.45, 2.75) is 25.9 Å². The zero-order valence-electron chi connectivity index (χ0n) is 14.4. The van der Waals surface area contributed by atoms with Crippen LogP contribution in [0.15, 0.2) is 52.9 Å². The quantitative estimate of drug-likeness (QED) is 0.597. The van der Waals surface area contributed by atoms with Gasteiger partial charge in [-0.05, 0) is 24.7 Å². The molecule has 26 heavy (non-hydrogen) atoms. The van der Waals surface area contributed by atoms with Crippen molar-refractivity contribution >= 4 is 11.6 Å². The highest BCUT2D eigenvalue weighted by molar-refractivity contribution is 6.33. The Morgan fingerprint density at radius 1 is 1.04 bits per heavy atom. The first-order chi connectivity index (χ1) is 12.3. The Morgan fingerprint density at radius 3 is 2.46 bits per heavy atom. The molecule has 136 valence electrons. The molecule has 0 fully saturated rings. The summed E-state index contributed by atoms with van der Waals surface area (Å²) >= 11 is 6.13. The van der Waals surface area contributed by atoms with Gasteiger partial charge in [0, 0.05) is 19.0 Å². The first-order valence-corrected chi connectivity index (χ1v) is 8.44. The number of aromatic nitrogens is 2. The Kier molecular flexibility index (Phi) is 5.34. The van der Waals surface area contributed by atoms with E-state index < -0.39 is 5.92 Å². The van der Waals surface area contributed by atoms with Crippen LogP contribution in [0.5, 0.6) is 0 Å². The molecule has 1 aromatic heterocycles. The lowest BCUT2D eigenvalue weighted by Gasteiger charge is -2.20. The van der Waals surface area contributed by atoms with Gasteiger partial charge in [-0.25, -0.2) is 8.78 Å². The highest BCUT2D eigenvalue weighted by atomic mass is 35.5. The minimum Gasteiger partial charge on any atom is -0.419 e. The summed E-state index contributed by atoms with van der Waals surface area (Å²) in [4.78, 5) is 1.84. The minimum atomic E-state index is -2.89. The SMILES string of the molecule is CN(Cc1nnc(-c2ccccc2Cl)o1)Cc1ccccc1C(C)(F)F. The van der Waals surface area contributed by atoms with Gasteiger partial charge in [0.25, 0.3) is 5.92 Å². The van der Waals surface area contributed by atoms with Crippen LogP contribution in [-0.4, -0.2) is 22.1 Å². The molecule has 4 nitrogen and oxygen atoms in total. The van der Waals surface area contributed by atoms with Gasteiger partial charge in [0.1, 0.15) is 0 Å². The summed E-state index contributed by atoms with van der Waals surface area (Å²) < 4.78 is 33.2. The van der Waals surface area contributed by atoms with Crippen LogP contribution in [0, 0.1) is 0 Å². The Morgan fingerprint density at radius 2 is 1.73 bits per heavy atom. The molecule has 0 radical (unpaired) electrons. The van der Waals surface area contributed by atoms with E-state index in [9.17, 15) is 8.78 Å². The van der Waals surface area contributed by atoms with Crippen LogP contribution in [0.3, 0.4) is 0 Å². The van der Waals surface area contributed by atoms with Crippen LogP contribution in [-0.2, 0) is 19.0 Å². The second-order valence-corrected chi connectivity index (χ2v) is 6.61. The topological polar surface area (TPSA) is 42.2 Å². The monoisotopic (exact) mass is 377 g/mol. The standard InChI is InChI=1S/C19H18ClF2N3O/c1-19(21,22)15-9-5-3-7-13(15)11-25(2)12-17-23-24-18(26-17)14-8-4-6-10-16(14)20/h3-10H,11-12H2,1-2H3. The number of alkyl halides is 2. The van der Waals surface area contributed by atoms with Gasteiger partial charge in [-0.3, -0.25) is 4.90 Å². The molecular weight excluding hydrogens is 360 g/mol. The van der Waals surface area contributed by atoms with Crippen LogP contribution >= 0.6 is 11.6 Å². The Balaban J connectivity index is 1.72. The molecule has 0 saturated heterocycles. The van der Waals surface area contributed by atoms with Crippen molar-refractivity contribution in [2.24, 2.45) is 0 Å². The fourth-order valence-electron chi connectivity index (χ4n) is 2.73. The fourth-order valence-corrected chi connectivity index (χ4v) is 2.94. The molecule has 0 amide bonds. The molecule has 0 aliphatic heterocycles. The second kappa shape index (κ2) is 7.51. The predicted molar refractivity (Wildman–Crippen MR) is 95.9 cm³/mol. The van der Waals surface area contributed by atoms with Crippen molar-refractivity contribution in [3.05, 3.63) is 70.6 Å². The lowest BCUT2D eigenvalue weighted by molar-refractivity contribution is 0.0159. The van der Waals surface area contributed by atoms with E-state index in [4.69, 9.17) is 16.0 Å². The van der Waals surface area contributed by atoms with Crippen molar-refractivity contribution in [3.63, 3.8) is 0 Å². The van der Waals surface area contributed by atoms with Gasteiger partial charge < -0.3 is 4.42 Å². The van der Waals surface area contributed by atoms with E-state index in [2.05, 4.69) is 10.2 Å². The third-order valence-corrected chi connectivity index (χ3v) is 4.24. The number of nitrogens with zero attached hydrogens (tertiary/aromatic N) is 3. The van der Waals surface area contributed by atoms with Gasteiger partial charge in [0.05, 0.1) is 17.1 Å². The van der Waals surface area contributed by atoms with Gasteiger partial charge in [-0.15, -0.1) is 10.2 Å². The van der Waals surface area contributed by atoms with Gasteiger partial charge in [0.15, 0.2) is 0 Å². The van der Waals surface area contributed by atoms with E-state index in [-0.39, 0.29) is 5.56 Å². The summed E-state index contributed by atoms with van der Waals surface area (Å²) in [6.45, 7) is 1.57. The largest absolute Gasteiger partial charge is 0.419 e. The molecule has 0 N–H and O–H groups in total. The maximum atomic E-state index is 13.7. The van der Waals surface area contributed by atoms with E-state index >= 15 is 0 Å². The van der Waals surface area contributed by atoms with E-state index in [1.807, 2.05) is 24.1 Å². The number of halogens is 3. The van der Waals surface area contributed by atoms with E-state index in [0.717, 1.165) is 6.92 Å². The Labute approximate surface area is 155 Å². The number of rotatable bonds is 6. The number of benzene rings is 2. The van der Waals surface area contributed by atoms with Gasteiger partial charge >= 0.3 is 0 Å². The highest BCUT2D eigenvalue weighted by Gasteiger charge is 2.27. The molecule has 0 unspecified atom stereocenters. The minimum absolute atomic E-state index is 0.0223. The summed E-state index contributed by atoms with van der Waals surface area (Å²) in [6, 6.07) is 13.7. The first-order valence-electron chi connectivity index (χ1n) is 8.06. The lowest BCUT2D eigenvalue weighted by atomic mass is 10.0. The maximum absolute atomic E-state index is 13.7. The van der Waals surface area contributed by atoms with Gasteiger partial charge in [-0.2, -0.15) is 0 Å². The molecule has 7 heteroatoms. The lowest BCUT2D eigenvalue weighted by Crippen LogP contribution is -2.20. The molecular formula is C19H18ClF2N3O. The van der Waals surface area contributed by atoms with E-state index in [1.54, 1.807) is 30.3 Å². The van der Waals surface area contributed by atoms with Crippen LogP contribution in [0.2, 0.25) is 5.02 Å². The first kappa shape index (κ1) is 18.5. The molecule has 1 heterocycles. The van der Waals surface area contributed by atoms with Crippen LogP contribution < -0.4 is 0 Å². The molecule has 0 aliphatic rings. The zero-order valence-corrected chi connectivity index (χ0v) is 15.2. The molecule has 0 spiro atoms. The summed E-state index contributed by atoms with van der Waals surface area (Å²) in [5.41, 5.74) is 1.24. The summed E-state index contributed by atoms with van der Waals surface area (Å²) in [5, 5.41) is 8.56. The van der Waals surface area contributed by atoms with Crippen LogP contribution in [0.1, 0.15) is 23.9 Å². The van der Waals surface area contributed by atoms with Gasteiger partial charge in [-0.1, -0.05) is 48.0 Å². The van der Waals surface area contributed by atoms with Crippen molar-refractivity contribution in [1.82, 2.24) is 15.1 Å². The fraction of sp³-hybridized carbons (Fsp3) is 0.263.